The highest BCUT2D eigenvalue weighted by Crippen LogP contribution is 2.17. The smallest absolute Gasteiger partial charge is 0.305 e. The average molecular weight is 903 g/mol. The van der Waals surface area contributed by atoms with Gasteiger partial charge in [0.25, 0.3) is 0 Å². The molecular formula is C58H111NO5. The molecule has 2 atom stereocenters. The van der Waals surface area contributed by atoms with E-state index in [1.165, 1.54) is 205 Å². The molecule has 6 nitrogen and oxygen atoms in total. The molecule has 0 fully saturated rings. The Morgan fingerprint density at radius 3 is 1.11 bits per heavy atom. The van der Waals surface area contributed by atoms with Gasteiger partial charge in [0.1, 0.15) is 0 Å². The second kappa shape index (κ2) is 54.0. The third-order valence-electron chi connectivity index (χ3n) is 13.2. The molecule has 0 saturated heterocycles. The maximum absolute atomic E-state index is 12.5. The molecule has 64 heavy (non-hydrogen) atoms. The van der Waals surface area contributed by atoms with Gasteiger partial charge < -0.3 is 20.3 Å². The molecule has 6 heteroatoms. The summed E-state index contributed by atoms with van der Waals surface area (Å²) in [6.45, 7) is 4.86. The lowest BCUT2D eigenvalue weighted by atomic mass is 10.0. The Kier molecular flexibility index (Phi) is 52.6. The van der Waals surface area contributed by atoms with E-state index in [0.717, 1.165) is 77.0 Å². The van der Waals surface area contributed by atoms with Gasteiger partial charge in [0, 0.05) is 12.8 Å². The summed E-state index contributed by atoms with van der Waals surface area (Å²) >= 11 is 0. The second-order valence-corrected chi connectivity index (χ2v) is 19.6. The van der Waals surface area contributed by atoms with Crippen molar-refractivity contribution in [2.24, 2.45) is 0 Å². The van der Waals surface area contributed by atoms with Crippen LogP contribution in [0.4, 0.5) is 0 Å². The first-order chi connectivity index (χ1) is 31.5. The summed E-state index contributed by atoms with van der Waals surface area (Å²) < 4.78 is 5.46. The molecule has 0 bridgehead atoms. The lowest BCUT2D eigenvalue weighted by molar-refractivity contribution is -0.143. The van der Waals surface area contributed by atoms with Crippen molar-refractivity contribution in [3.05, 3.63) is 24.3 Å². The van der Waals surface area contributed by atoms with Gasteiger partial charge in [-0.15, -0.1) is 0 Å². The number of aliphatic hydroxyl groups excluding tert-OH is 2. The summed E-state index contributed by atoms with van der Waals surface area (Å²) in [6.07, 6.45) is 64.8. The molecule has 1 amide bonds. The van der Waals surface area contributed by atoms with Gasteiger partial charge in [0.05, 0.1) is 25.4 Å². The van der Waals surface area contributed by atoms with Crippen LogP contribution < -0.4 is 5.32 Å². The maximum Gasteiger partial charge on any atom is 0.305 e. The van der Waals surface area contributed by atoms with Gasteiger partial charge in [-0.25, -0.2) is 0 Å². The molecule has 0 aromatic heterocycles. The fourth-order valence-corrected chi connectivity index (χ4v) is 8.81. The number of esters is 1. The van der Waals surface area contributed by atoms with Crippen molar-refractivity contribution < 1.29 is 24.5 Å². The van der Waals surface area contributed by atoms with E-state index in [2.05, 4.69) is 31.3 Å². The van der Waals surface area contributed by atoms with E-state index in [-0.39, 0.29) is 18.5 Å². The Bertz CT molecular complexity index is 997. The van der Waals surface area contributed by atoms with E-state index in [0.29, 0.717) is 19.4 Å². The number of allylic oxidation sites excluding steroid dienone is 3. The van der Waals surface area contributed by atoms with E-state index >= 15 is 0 Å². The molecule has 2 unspecified atom stereocenters. The van der Waals surface area contributed by atoms with Crippen LogP contribution in [0.1, 0.15) is 309 Å². The van der Waals surface area contributed by atoms with Gasteiger partial charge in [0.2, 0.25) is 5.91 Å². The Balaban J connectivity index is 3.51. The normalized spacial score (nSPS) is 12.8. The highest BCUT2D eigenvalue weighted by atomic mass is 16.5. The van der Waals surface area contributed by atoms with Gasteiger partial charge in [-0.05, 0) is 64.2 Å². The first kappa shape index (κ1) is 62.3. The zero-order valence-electron chi connectivity index (χ0n) is 43.0. The molecule has 0 saturated carbocycles. The Morgan fingerprint density at radius 1 is 0.422 bits per heavy atom. The molecule has 0 heterocycles. The summed E-state index contributed by atoms with van der Waals surface area (Å²) in [5.74, 6) is -0.112. The number of rotatable bonds is 53. The summed E-state index contributed by atoms with van der Waals surface area (Å²) in [5.41, 5.74) is 0. The highest BCUT2D eigenvalue weighted by molar-refractivity contribution is 5.76. The van der Waals surface area contributed by atoms with Crippen molar-refractivity contribution in [1.29, 1.82) is 0 Å². The van der Waals surface area contributed by atoms with Crippen LogP contribution in [0.5, 0.6) is 0 Å². The van der Waals surface area contributed by atoms with Crippen molar-refractivity contribution in [3.8, 4) is 0 Å². The summed E-state index contributed by atoms with van der Waals surface area (Å²) in [6, 6.07) is -0.646. The van der Waals surface area contributed by atoms with Crippen LogP contribution in [-0.4, -0.2) is 47.4 Å². The van der Waals surface area contributed by atoms with Crippen LogP contribution >= 0.6 is 0 Å². The standard InChI is InChI=1S/C58H111NO5/c1-3-5-7-9-11-13-15-17-19-21-23-24-26-30-34-38-42-46-50-56(61)55(54-60)59-57(62)51-47-43-39-35-31-28-29-33-37-41-45-49-53-64-58(63)52-48-44-40-36-32-27-25-22-20-18-16-14-12-10-8-6-4-2/h29,33,46,50,55-56,60-61H,3-28,30-32,34-45,47-49,51-54H2,1-2H3,(H,59,62)/b33-29-,50-46+. The van der Waals surface area contributed by atoms with E-state index in [4.69, 9.17) is 4.74 Å². The first-order valence-corrected chi connectivity index (χ1v) is 28.6. The number of carbonyl (C=O) groups is 2. The predicted octanol–water partition coefficient (Wildman–Crippen LogP) is 17.5. The summed E-state index contributed by atoms with van der Waals surface area (Å²) in [5, 5.41) is 23.1. The maximum atomic E-state index is 12.5. The third-order valence-corrected chi connectivity index (χ3v) is 13.2. The number of ether oxygens (including phenoxy) is 1. The van der Waals surface area contributed by atoms with E-state index in [1.54, 1.807) is 6.08 Å². The first-order valence-electron chi connectivity index (χ1n) is 28.6. The fourth-order valence-electron chi connectivity index (χ4n) is 8.81. The molecule has 0 aromatic rings. The number of aliphatic hydroxyl groups is 2. The van der Waals surface area contributed by atoms with Gasteiger partial charge in [-0.3, -0.25) is 9.59 Å². The molecule has 0 aliphatic rings. The van der Waals surface area contributed by atoms with Crippen LogP contribution in [0.15, 0.2) is 24.3 Å². The van der Waals surface area contributed by atoms with E-state index < -0.39 is 12.1 Å². The number of hydrogen-bond acceptors (Lipinski definition) is 5. The van der Waals surface area contributed by atoms with Crippen molar-refractivity contribution in [1.82, 2.24) is 5.32 Å². The zero-order valence-corrected chi connectivity index (χ0v) is 43.0. The van der Waals surface area contributed by atoms with Crippen LogP contribution in [0.3, 0.4) is 0 Å². The molecular weight excluding hydrogens is 791 g/mol. The van der Waals surface area contributed by atoms with Gasteiger partial charge in [-0.1, -0.05) is 256 Å². The molecule has 378 valence electrons. The Morgan fingerprint density at radius 2 is 0.734 bits per heavy atom. The van der Waals surface area contributed by atoms with Crippen LogP contribution in [0, 0.1) is 0 Å². The van der Waals surface area contributed by atoms with Crippen molar-refractivity contribution in [2.75, 3.05) is 13.2 Å². The van der Waals surface area contributed by atoms with Crippen LogP contribution in [0.25, 0.3) is 0 Å². The average Bonchev–Trinajstić information content (AvgIpc) is 3.29. The lowest BCUT2D eigenvalue weighted by Crippen LogP contribution is -2.45. The summed E-state index contributed by atoms with van der Waals surface area (Å²) in [4.78, 5) is 24.5. The number of carbonyl (C=O) groups excluding carboxylic acids is 2. The molecule has 0 aliphatic heterocycles. The van der Waals surface area contributed by atoms with Gasteiger partial charge in [0.15, 0.2) is 0 Å². The van der Waals surface area contributed by atoms with Gasteiger partial charge in [-0.2, -0.15) is 0 Å². The van der Waals surface area contributed by atoms with Crippen LogP contribution in [0.2, 0.25) is 0 Å². The number of nitrogens with one attached hydrogen (secondary N) is 1. The number of amides is 1. The Hall–Kier alpha value is -1.66. The topological polar surface area (TPSA) is 95.9 Å². The SMILES string of the molecule is CCCCCCCCCCCCCCCCCC/C=C/C(O)C(CO)NC(=O)CCCCCCC/C=C\CCCCCOC(=O)CCCCCCCCCCCCCCCCCCC. The molecule has 0 rings (SSSR count). The lowest BCUT2D eigenvalue weighted by Gasteiger charge is -2.20. The molecule has 3 N–H and O–H groups in total. The molecule has 0 radical (unpaired) electrons. The van der Waals surface area contributed by atoms with Crippen molar-refractivity contribution in [2.45, 2.75) is 321 Å². The monoisotopic (exact) mass is 902 g/mol. The number of unbranched alkanes of at least 4 members (excludes halogenated alkanes) is 40. The van der Waals surface area contributed by atoms with Gasteiger partial charge >= 0.3 is 5.97 Å². The Labute approximate surface area is 399 Å². The van der Waals surface area contributed by atoms with E-state index in [1.807, 2.05) is 6.08 Å². The minimum Gasteiger partial charge on any atom is -0.466 e. The summed E-state index contributed by atoms with van der Waals surface area (Å²) in [7, 11) is 0. The quantitative estimate of drug-likeness (QED) is 0.0321. The zero-order chi connectivity index (χ0) is 46.5. The minimum atomic E-state index is -0.860. The predicted molar refractivity (Wildman–Crippen MR) is 278 cm³/mol. The third kappa shape index (κ3) is 49.8. The largest absolute Gasteiger partial charge is 0.466 e. The van der Waals surface area contributed by atoms with Crippen LogP contribution in [-0.2, 0) is 14.3 Å². The molecule has 0 aromatic carbocycles. The van der Waals surface area contributed by atoms with Crippen molar-refractivity contribution >= 4 is 11.9 Å². The second-order valence-electron chi connectivity index (χ2n) is 19.6. The molecule has 0 spiro atoms. The minimum absolute atomic E-state index is 0.0201. The van der Waals surface area contributed by atoms with Crippen molar-refractivity contribution in [3.63, 3.8) is 0 Å². The highest BCUT2D eigenvalue weighted by Gasteiger charge is 2.18. The fraction of sp³-hybridized carbons (Fsp3) is 0.897. The molecule has 0 aliphatic carbocycles. The van der Waals surface area contributed by atoms with E-state index in [9.17, 15) is 19.8 Å². The number of hydrogen-bond donors (Lipinski definition) is 3.